The number of carbonyl (C=O) groups is 1. The van der Waals surface area contributed by atoms with Gasteiger partial charge in [0.15, 0.2) is 11.5 Å². The lowest BCUT2D eigenvalue weighted by molar-refractivity contribution is 0.0721. The van der Waals surface area contributed by atoms with Crippen LogP contribution in [0.25, 0.3) is 0 Å². The molecule has 2 aromatic heterocycles. The van der Waals surface area contributed by atoms with Crippen molar-refractivity contribution in [2.75, 3.05) is 13.2 Å². The molecule has 142 valence electrons. The third-order valence-corrected chi connectivity index (χ3v) is 4.45. The number of nitrogens with zero attached hydrogens (tertiary/aromatic N) is 3. The van der Waals surface area contributed by atoms with Gasteiger partial charge < -0.3 is 14.4 Å². The van der Waals surface area contributed by atoms with Gasteiger partial charge in [-0.1, -0.05) is 18.2 Å². The SMILES string of the molecule is O=C(c1cccc2c1OCCCO2)N(Cc1ccccn1)Cc1ccccn1. The first-order chi connectivity index (χ1) is 13.8. The van der Waals surface area contributed by atoms with Crippen LogP contribution in [0.15, 0.2) is 67.0 Å². The first-order valence-electron chi connectivity index (χ1n) is 9.29. The number of hydrogen-bond acceptors (Lipinski definition) is 5. The number of para-hydroxylation sites is 1. The molecule has 1 aromatic carbocycles. The zero-order valence-corrected chi connectivity index (χ0v) is 15.5. The summed E-state index contributed by atoms with van der Waals surface area (Å²) in [5.41, 5.74) is 2.11. The fraction of sp³-hybridized carbons (Fsp3) is 0.227. The van der Waals surface area contributed by atoms with E-state index < -0.39 is 0 Å². The van der Waals surface area contributed by atoms with Gasteiger partial charge in [0.05, 0.1) is 43.3 Å². The third-order valence-electron chi connectivity index (χ3n) is 4.45. The van der Waals surface area contributed by atoms with E-state index in [9.17, 15) is 4.79 Å². The maximum Gasteiger partial charge on any atom is 0.258 e. The van der Waals surface area contributed by atoms with E-state index in [1.54, 1.807) is 23.4 Å². The Morgan fingerprint density at radius 2 is 1.54 bits per heavy atom. The molecule has 0 N–H and O–H groups in total. The Hall–Kier alpha value is -3.41. The van der Waals surface area contributed by atoms with Crippen molar-refractivity contribution < 1.29 is 14.3 Å². The Morgan fingerprint density at radius 3 is 2.18 bits per heavy atom. The summed E-state index contributed by atoms with van der Waals surface area (Å²) in [7, 11) is 0. The van der Waals surface area contributed by atoms with Gasteiger partial charge in [0.25, 0.3) is 5.91 Å². The molecule has 0 spiro atoms. The fourth-order valence-corrected chi connectivity index (χ4v) is 3.11. The Bertz CT molecular complexity index is 891. The van der Waals surface area contributed by atoms with Crippen LogP contribution < -0.4 is 9.47 Å². The van der Waals surface area contributed by atoms with Crippen molar-refractivity contribution in [3.05, 3.63) is 83.9 Å². The quantitative estimate of drug-likeness (QED) is 0.683. The number of hydrogen-bond donors (Lipinski definition) is 0. The molecule has 0 fully saturated rings. The van der Waals surface area contributed by atoms with Gasteiger partial charge in [-0.25, -0.2) is 0 Å². The molecule has 0 radical (unpaired) electrons. The van der Waals surface area contributed by atoms with Crippen molar-refractivity contribution >= 4 is 5.91 Å². The van der Waals surface area contributed by atoms with Crippen molar-refractivity contribution in [2.24, 2.45) is 0 Å². The smallest absolute Gasteiger partial charge is 0.258 e. The molecular weight excluding hydrogens is 354 g/mol. The standard InChI is InChI=1S/C22H21N3O3/c26-22(19-9-5-10-20-21(19)28-14-6-13-27-20)25(15-17-7-1-3-11-23-17)16-18-8-2-4-12-24-18/h1-5,7-12H,6,13-16H2. The van der Waals surface area contributed by atoms with Crippen LogP contribution >= 0.6 is 0 Å². The largest absolute Gasteiger partial charge is 0.490 e. The van der Waals surface area contributed by atoms with Crippen LogP contribution in [0.4, 0.5) is 0 Å². The molecule has 0 saturated heterocycles. The van der Waals surface area contributed by atoms with Crippen LogP contribution in [-0.4, -0.2) is 34.0 Å². The Labute approximate surface area is 163 Å². The third kappa shape index (κ3) is 4.11. The average Bonchev–Trinajstić information content (AvgIpc) is 3.00. The van der Waals surface area contributed by atoms with Crippen LogP contribution in [0.1, 0.15) is 28.2 Å². The minimum Gasteiger partial charge on any atom is -0.490 e. The van der Waals surface area contributed by atoms with Crippen molar-refractivity contribution in [3.63, 3.8) is 0 Å². The van der Waals surface area contributed by atoms with Crippen LogP contribution in [-0.2, 0) is 13.1 Å². The summed E-state index contributed by atoms with van der Waals surface area (Å²) in [6, 6.07) is 16.8. The van der Waals surface area contributed by atoms with Gasteiger partial charge >= 0.3 is 0 Å². The van der Waals surface area contributed by atoms with E-state index in [0.29, 0.717) is 43.4 Å². The lowest BCUT2D eigenvalue weighted by atomic mass is 10.1. The normalized spacial score (nSPS) is 12.9. The van der Waals surface area contributed by atoms with E-state index in [0.717, 1.165) is 17.8 Å². The second-order valence-electron chi connectivity index (χ2n) is 6.49. The summed E-state index contributed by atoms with van der Waals surface area (Å²) < 4.78 is 11.6. The van der Waals surface area contributed by atoms with E-state index in [4.69, 9.17) is 9.47 Å². The molecule has 0 aliphatic carbocycles. The second kappa shape index (κ2) is 8.52. The van der Waals surface area contributed by atoms with Gasteiger partial charge in [0, 0.05) is 18.8 Å². The highest BCUT2D eigenvalue weighted by Gasteiger charge is 2.24. The number of rotatable bonds is 5. The Kier molecular flexibility index (Phi) is 5.47. The molecule has 0 saturated carbocycles. The number of ether oxygens (including phenoxy) is 2. The molecule has 3 aromatic rings. The van der Waals surface area contributed by atoms with E-state index in [1.165, 1.54) is 0 Å². The molecule has 0 atom stereocenters. The summed E-state index contributed by atoms with van der Waals surface area (Å²) in [5.74, 6) is 0.981. The van der Waals surface area contributed by atoms with E-state index in [2.05, 4.69) is 9.97 Å². The van der Waals surface area contributed by atoms with Crippen LogP contribution in [0.3, 0.4) is 0 Å². The monoisotopic (exact) mass is 375 g/mol. The van der Waals surface area contributed by atoms with E-state index in [-0.39, 0.29) is 5.91 Å². The Morgan fingerprint density at radius 1 is 0.857 bits per heavy atom. The molecule has 1 amide bonds. The molecule has 1 aliphatic heterocycles. The minimum absolute atomic E-state index is 0.140. The number of amides is 1. The van der Waals surface area contributed by atoms with Gasteiger partial charge in [-0.05, 0) is 36.4 Å². The van der Waals surface area contributed by atoms with Gasteiger partial charge in [-0.3, -0.25) is 14.8 Å². The summed E-state index contributed by atoms with van der Waals surface area (Å²) >= 11 is 0. The van der Waals surface area contributed by atoms with Crippen LogP contribution in [0, 0.1) is 0 Å². The predicted octanol–water partition coefficient (Wildman–Crippen LogP) is 3.48. The first kappa shape index (κ1) is 18.0. The second-order valence-corrected chi connectivity index (χ2v) is 6.49. The maximum atomic E-state index is 13.5. The zero-order chi connectivity index (χ0) is 19.2. The summed E-state index contributed by atoms with van der Waals surface area (Å²) in [6.45, 7) is 1.86. The topological polar surface area (TPSA) is 64.6 Å². The van der Waals surface area contributed by atoms with Gasteiger partial charge in [0.2, 0.25) is 0 Å². The highest BCUT2D eigenvalue weighted by molar-refractivity contribution is 5.97. The lowest BCUT2D eigenvalue weighted by Gasteiger charge is -2.23. The van der Waals surface area contributed by atoms with Crippen LogP contribution in [0.2, 0.25) is 0 Å². The van der Waals surface area contributed by atoms with Crippen molar-refractivity contribution in [1.82, 2.24) is 14.9 Å². The summed E-state index contributed by atoms with van der Waals surface area (Å²) in [5, 5.41) is 0. The number of pyridine rings is 2. The minimum atomic E-state index is -0.140. The molecule has 28 heavy (non-hydrogen) atoms. The molecule has 6 nitrogen and oxygen atoms in total. The highest BCUT2D eigenvalue weighted by atomic mass is 16.5. The first-order valence-corrected chi connectivity index (χ1v) is 9.29. The van der Waals surface area contributed by atoms with Crippen molar-refractivity contribution in [2.45, 2.75) is 19.5 Å². The Balaban J connectivity index is 1.67. The molecule has 6 heteroatoms. The van der Waals surface area contributed by atoms with Crippen molar-refractivity contribution in [1.29, 1.82) is 0 Å². The van der Waals surface area contributed by atoms with Crippen molar-refractivity contribution in [3.8, 4) is 11.5 Å². The number of aromatic nitrogens is 2. The highest BCUT2D eigenvalue weighted by Crippen LogP contribution is 2.34. The average molecular weight is 375 g/mol. The predicted molar refractivity (Wildman–Crippen MR) is 104 cm³/mol. The van der Waals surface area contributed by atoms with E-state index in [1.807, 2.05) is 48.5 Å². The molecule has 0 unspecified atom stereocenters. The molecule has 3 heterocycles. The van der Waals surface area contributed by atoms with Gasteiger partial charge in [0.1, 0.15) is 0 Å². The molecule has 4 rings (SSSR count). The van der Waals surface area contributed by atoms with Gasteiger partial charge in [-0.15, -0.1) is 0 Å². The summed E-state index contributed by atoms with van der Waals surface area (Å²) in [4.78, 5) is 23.9. The maximum absolute atomic E-state index is 13.5. The lowest BCUT2D eigenvalue weighted by Crippen LogP contribution is -2.31. The molecule has 1 aliphatic rings. The number of benzene rings is 1. The van der Waals surface area contributed by atoms with E-state index >= 15 is 0 Å². The number of fused-ring (bicyclic) bond motifs is 1. The van der Waals surface area contributed by atoms with Gasteiger partial charge in [-0.2, -0.15) is 0 Å². The zero-order valence-electron chi connectivity index (χ0n) is 15.5. The van der Waals surface area contributed by atoms with Crippen LogP contribution in [0.5, 0.6) is 11.5 Å². The fourth-order valence-electron chi connectivity index (χ4n) is 3.11. The summed E-state index contributed by atoms with van der Waals surface area (Å²) in [6.07, 6.45) is 4.24. The number of carbonyl (C=O) groups excluding carboxylic acids is 1. The molecule has 0 bridgehead atoms. The molecular formula is C22H21N3O3.